The van der Waals surface area contributed by atoms with E-state index in [9.17, 15) is 19.7 Å². The number of non-ortho nitro benzene ring substituents is 1. The van der Waals surface area contributed by atoms with Crippen LogP contribution in [0.4, 0.5) is 5.69 Å². The number of nitrogens with zero attached hydrogens (tertiary/aromatic N) is 4. The van der Waals surface area contributed by atoms with Crippen molar-refractivity contribution in [1.29, 1.82) is 0 Å². The van der Waals surface area contributed by atoms with Crippen LogP contribution in [0.5, 0.6) is 11.5 Å². The summed E-state index contributed by atoms with van der Waals surface area (Å²) in [5.41, 5.74) is 1.12. The van der Waals surface area contributed by atoms with Crippen LogP contribution in [-0.4, -0.2) is 98.1 Å². The molecule has 1 aliphatic rings. The number of methoxy groups -OCH3 is 2. The predicted octanol–water partition coefficient (Wildman–Crippen LogP) is 3.25. The van der Waals surface area contributed by atoms with E-state index in [0.29, 0.717) is 56.5 Å². The number of hydrogen-bond donors (Lipinski definition) is 0. The van der Waals surface area contributed by atoms with Crippen LogP contribution in [0, 0.1) is 10.1 Å². The number of carbonyl (C=O) groups is 2. The van der Waals surface area contributed by atoms with Crippen molar-refractivity contribution in [3.05, 3.63) is 87.9 Å². The highest BCUT2D eigenvalue weighted by Gasteiger charge is 2.25. The standard InChI is InChI=1S/C30H36N4O8/c1-39-27-10-5-23(20-28(27)40-2)11-12-32(21-26-4-3-17-42-26)29(35)22-33(14-13-31-15-18-41-19-16-31)30(36)24-6-8-25(9-7-24)34(37)38/h3-10,17,20H,11-16,18-19,21-22H2,1-2H3. The van der Waals surface area contributed by atoms with Crippen molar-refractivity contribution in [3.8, 4) is 11.5 Å². The van der Waals surface area contributed by atoms with Gasteiger partial charge in [-0.2, -0.15) is 0 Å². The van der Waals surface area contributed by atoms with Gasteiger partial charge < -0.3 is 28.4 Å². The molecular weight excluding hydrogens is 544 g/mol. The van der Waals surface area contributed by atoms with Crippen molar-refractivity contribution in [2.75, 3.05) is 66.7 Å². The fraction of sp³-hybridized carbons (Fsp3) is 0.400. The van der Waals surface area contributed by atoms with E-state index in [2.05, 4.69) is 4.90 Å². The van der Waals surface area contributed by atoms with E-state index in [1.165, 1.54) is 29.2 Å². The average molecular weight is 581 g/mol. The Kier molecular flexibility index (Phi) is 10.9. The second kappa shape index (κ2) is 15.0. The quantitative estimate of drug-likeness (QED) is 0.209. The average Bonchev–Trinajstić information content (AvgIpc) is 3.54. The van der Waals surface area contributed by atoms with Crippen molar-refractivity contribution in [3.63, 3.8) is 0 Å². The maximum Gasteiger partial charge on any atom is 0.269 e. The van der Waals surface area contributed by atoms with Crippen LogP contribution in [-0.2, 0) is 22.5 Å². The first-order valence-electron chi connectivity index (χ1n) is 13.7. The molecule has 2 aromatic carbocycles. The zero-order valence-electron chi connectivity index (χ0n) is 23.9. The van der Waals surface area contributed by atoms with Gasteiger partial charge in [0.2, 0.25) is 5.91 Å². The molecule has 4 rings (SSSR count). The Hall–Kier alpha value is -4.42. The minimum Gasteiger partial charge on any atom is -0.493 e. The SMILES string of the molecule is COc1ccc(CCN(Cc2ccco2)C(=O)CN(CCN2CCOCC2)C(=O)c2ccc([N+](=O)[O-])cc2)cc1OC. The predicted molar refractivity (Wildman–Crippen MR) is 154 cm³/mol. The highest BCUT2D eigenvalue weighted by molar-refractivity contribution is 5.96. The largest absolute Gasteiger partial charge is 0.493 e. The van der Waals surface area contributed by atoms with E-state index >= 15 is 0 Å². The van der Waals surface area contributed by atoms with Gasteiger partial charge in [0.05, 0.1) is 45.2 Å². The first-order valence-corrected chi connectivity index (χ1v) is 13.7. The van der Waals surface area contributed by atoms with E-state index in [-0.39, 0.29) is 36.2 Å². The second-order valence-electron chi connectivity index (χ2n) is 9.82. The van der Waals surface area contributed by atoms with Crippen LogP contribution in [0.25, 0.3) is 0 Å². The molecule has 42 heavy (non-hydrogen) atoms. The zero-order chi connectivity index (χ0) is 29.9. The molecule has 2 heterocycles. The molecule has 0 unspecified atom stereocenters. The lowest BCUT2D eigenvalue weighted by molar-refractivity contribution is -0.384. The first kappa shape index (κ1) is 30.5. The number of nitro groups is 1. The lowest BCUT2D eigenvalue weighted by atomic mass is 10.1. The number of furan rings is 1. The van der Waals surface area contributed by atoms with Gasteiger partial charge >= 0.3 is 0 Å². The second-order valence-corrected chi connectivity index (χ2v) is 9.82. The van der Waals surface area contributed by atoms with Crippen LogP contribution >= 0.6 is 0 Å². The number of rotatable bonds is 14. The molecular formula is C30H36N4O8. The molecule has 2 amide bonds. The van der Waals surface area contributed by atoms with Gasteiger partial charge in [0.15, 0.2) is 11.5 Å². The fourth-order valence-electron chi connectivity index (χ4n) is 4.69. The van der Waals surface area contributed by atoms with Crippen LogP contribution < -0.4 is 9.47 Å². The normalized spacial score (nSPS) is 13.4. The van der Waals surface area contributed by atoms with Crippen LogP contribution in [0.3, 0.4) is 0 Å². The Morgan fingerprint density at radius 3 is 2.36 bits per heavy atom. The molecule has 3 aromatic rings. The van der Waals surface area contributed by atoms with Gasteiger partial charge in [0.25, 0.3) is 11.6 Å². The van der Waals surface area contributed by atoms with E-state index in [1.807, 2.05) is 18.2 Å². The molecule has 0 bridgehead atoms. The van der Waals surface area contributed by atoms with Gasteiger partial charge in [0, 0.05) is 50.4 Å². The highest BCUT2D eigenvalue weighted by atomic mass is 16.6. The topological polar surface area (TPSA) is 128 Å². The van der Waals surface area contributed by atoms with E-state index in [4.69, 9.17) is 18.6 Å². The lowest BCUT2D eigenvalue weighted by Crippen LogP contribution is -2.47. The summed E-state index contributed by atoms with van der Waals surface area (Å²) in [6.07, 6.45) is 2.09. The summed E-state index contributed by atoms with van der Waals surface area (Å²) in [6, 6.07) is 14.6. The third kappa shape index (κ3) is 8.30. The number of amides is 2. The molecule has 1 aliphatic heterocycles. The number of benzene rings is 2. The van der Waals surface area contributed by atoms with Crippen LogP contribution in [0.2, 0.25) is 0 Å². The molecule has 0 N–H and O–H groups in total. The lowest BCUT2D eigenvalue weighted by Gasteiger charge is -2.31. The number of morpholine rings is 1. The summed E-state index contributed by atoms with van der Waals surface area (Å²) in [4.78, 5) is 43.3. The van der Waals surface area contributed by atoms with Crippen molar-refractivity contribution >= 4 is 17.5 Å². The molecule has 1 fully saturated rings. The van der Waals surface area contributed by atoms with Crippen molar-refractivity contribution < 1.29 is 33.1 Å². The molecule has 1 aromatic heterocycles. The molecule has 1 saturated heterocycles. The third-order valence-corrected chi connectivity index (χ3v) is 7.13. The summed E-state index contributed by atoms with van der Waals surface area (Å²) in [6.45, 7) is 4.04. The van der Waals surface area contributed by atoms with E-state index in [0.717, 1.165) is 18.7 Å². The summed E-state index contributed by atoms with van der Waals surface area (Å²) in [5.74, 6) is 1.22. The van der Waals surface area contributed by atoms with Crippen molar-refractivity contribution in [1.82, 2.24) is 14.7 Å². The van der Waals surface area contributed by atoms with Crippen LogP contribution in [0.1, 0.15) is 21.7 Å². The maximum atomic E-state index is 13.8. The minimum atomic E-state index is -0.515. The van der Waals surface area contributed by atoms with E-state index in [1.54, 1.807) is 37.5 Å². The molecule has 0 saturated carbocycles. The molecule has 12 heteroatoms. The Labute approximate surface area is 244 Å². The van der Waals surface area contributed by atoms with Gasteiger partial charge in [-0.25, -0.2) is 0 Å². The van der Waals surface area contributed by atoms with Crippen LogP contribution in [0.15, 0.2) is 65.3 Å². The van der Waals surface area contributed by atoms with Gasteiger partial charge in [-0.3, -0.25) is 24.6 Å². The Bertz CT molecular complexity index is 1320. The van der Waals surface area contributed by atoms with Gasteiger partial charge in [-0.15, -0.1) is 0 Å². The fourth-order valence-corrected chi connectivity index (χ4v) is 4.69. The summed E-state index contributed by atoms with van der Waals surface area (Å²) < 4.78 is 21.7. The van der Waals surface area contributed by atoms with Crippen molar-refractivity contribution in [2.24, 2.45) is 0 Å². The number of hydrogen-bond acceptors (Lipinski definition) is 9. The number of nitro benzene ring substituents is 1. The van der Waals surface area contributed by atoms with Crippen molar-refractivity contribution in [2.45, 2.75) is 13.0 Å². The maximum absolute atomic E-state index is 13.8. The van der Waals surface area contributed by atoms with Gasteiger partial charge in [-0.1, -0.05) is 6.07 Å². The zero-order valence-corrected chi connectivity index (χ0v) is 23.9. The van der Waals surface area contributed by atoms with E-state index < -0.39 is 4.92 Å². The number of ether oxygens (including phenoxy) is 3. The summed E-state index contributed by atoms with van der Waals surface area (Å²) in [5, 5.41) is 11.1. The monoisotopic (exact) mass is 580 g/mol. The molecule has 0 aliphatic carbocycles. The summed E-state index contributed by atoms with van der Waals surface area (Å²) in [7, 11) is 3.14. The summed E-state index contributed by atoms with van der Waals surface area (Å²) >= 11 is 0. The molecule has 0 radical (unpaired) electrons. The molecule has 224 valence electrons. The smallest absolute Gasteiger partial charge is 0.269 e. The molecule has 12 nitrogen and oxygen atoms in total. The first-order chi connectivity index (χ1) is 20.4. The Morgan fingerprint density at radius 2 is 1.71 bits per heavy atom. The van der Waals surface area contributed by atoms with Gasteiger partial charge in [-0.05, 0) is 48.4 Å². The molecule has 0 atom stereocenters. The highest BCUT2D eigenvalue weighted by Crippen LogP contribution is 2.28. The Morgan fingerprint density at radius 1 is 0.976 bits per heavy atom. The van der Waals surface area contributed by atoms with Gasteiger partial charge in [0.1, 0.15) is 12.3 Å². The molecule has 0 spiro atoms. The Balaban J connectivity index is 1.51. The minimum absolute atomic E-state index is 0.109. The third-order valence-electron chi connectivity index (χ3n) is 7.13. The number of carbonyl (C=O) groups excluding carboxylic acids is 2.